The number of ether oxygens (including phenoxy) is 1. The Labute approximate surface area is 158 Å². The highest BCUT2D eigenvalue weighted by molar-refractivity contribution is 6.03. The van der Waals surface area contributed by atoms with Crippen molar-refractivity contribution in [3.63, 3.8) is 0 Å². The summed E-state index contributed by atoms with van der Waals surface area (Å²) in [4.78, 5) is 27.8. The number of carbonyl (C=O) groups is 2. The molecule has 2 aromatic rings. The van der Waals surface area contributed by atoms with Gasteiger partial charge in [-0.05, 0) is 36.8 Å². The van der Waals surface area contributed by atoms with Crippen molar-refractivity contribution in [3.8, 4) is 5.75 Å². The Kier molecular flexibility index (Phi) is 5.40. The predicted octanol–water partition coefficient (Wildman–Crippen LogP) is 2.02. The Morgan fingerprint density at radius 1 is 1.19 bits per heavy atom. The van der Waals surface area contributed by atoms with Gasteiger partial charge in [0, 0.05) is 19.8 Å². The van der Waals surface area contributed by atoms with E-state index in [0.717, 1.165) is 11.3 Å². The van der Waals surface area contributed by atoms with Crippen LogP contribution in [0.4, 0.5) is 11.4 Å². The number of para-hydroxylation sites is 2. The normalized spacial score (nSPS) is 13.7. The predicted molar refractivity (Wildman–Crippen MR) is 105 cm³/mol. The van der Waals surface area contributed by atoms with Crippen LogP contribution >= 0.6 is 0 Å². The molecule has 1 aliphatic rings. The van der Waals surface area contributed by atoms with Gasteiger partial charge in [-0.1, -0.05) is 24.3 Å². The summed E-state index contributed by atoms with van der Waals surface area (Å²) < 4.78 is 5.38. The van der Waals surface area contributed by atoms with Crippen LogP contribution in [0, 0.1) is 0 Å². The lowest BCUT2D eigenvalue weighted by Gasteiger charge is -2.28. The Balaban J connectivity index is 1.65. The van der Waals surface area contributed by atoms with Gasteiger partial charge in [-0.2, -0.15) is 5.10 Å². The average Bonchev–Trinajstić information content (AvgIpc) is 2.68. The molecule has 0 atom stereocenters. The van der Waals surface area contributed by atoms with Crippen LogP contribution in [0.1, 0.15) is 12.5 Å². The molecule has 0 bridgehead atoms. The van der Waals surface area contributed by atoms with E-state index in [-0.39, 0.29) is 25.0 Å². The van der Waals surface area contributed by atoms with Crippen molar-refractivity contribution in [2.24, 2.45) is 5.10 Å². The molecular formula is C20H22N4O3. The Morgan fingerprint density at radius 2 is 1.89 bits per heavy atom. The molecule has 1 N–H and O–H groups in total. The third kappa shape index (κ3) is 4.25. The molecule has 7 heteroatoms. The van der Waals surface area contributed by atoms with Crippen molar-refractivity contribution in [1.29, 1.82) is 0 Å². The van der Waals surface area contributed by atoms with E-state index in [1.54, 1.807) is 18.2 Å². The number of nitrogens with one attached hydrogen (secondary N) is 1. The Bertz CT molecular complexity index is 875. The van der Waals surface area contributed by atoms with Gasteiger partial charge in [-0.3, -0.25) is 14.5 Å². The second-order valence-electron chi connectivity index (χ2n) is 6.41. The number of carbonyl (C=O) groups excluding carboxylic acids is 2. The lowest BCUT2D eigenvalue weighted by atomic mass is 10.1. The summed E-state index contributed by atoms with van der Waals surface area (Å²) in [5.41, 5.74) is 5.78. The maximum atomic E-state index is 12.3. The van der Waals surface area contributed by atoms with Gasteiger partial charge in [0.15, 0.2) is 6.61 Å². The molecule has 2 amide bonds. The maximum Gasteiger partial charge on any atom is 0.265 e. The highest BCUT2D eigenvalue weighted by Crippen LogP contribution is 2.31. The summed E-state index contributed by atoms with van der Waals surface area (Å²) in [5, 5.41) is 4.15. The van der Waals surface area contributed by atoms with Crippen LogP contribution in [0.2, 0.25) is 0 Å². The number of hydrogen-bond donors (Lipinski definition) is 1. The molecule has 2 aromatic carbocycles. The Morgan fingerprint density at radius 3 is 2.59 bits per heavy atom. The molecule has 0 fully saturated rings. The van der Waals surface area contributed by atoms with E-state index in [1.165, 1.54) is 4.90 Å². The molecular weight excluding hydrogens is 344 g/mol. The molecule has 1 aliphatic heterocycles. The molecule has 3 rings (SSSR count). The molecule has 0 aromatic heterocycles. The first-order chi connectivity index (χ1) is 13.0. The summed E-state index contributed by atoms with van der Waals surface area (Å²) >= 11 is 0. The highest BCUT2D eigenvalue weighted by Gasteiger charge is 2.26. The number of benzene rings is 2. The van der Waals surface area contributed by atoms with Gasteiger partial charge in [0.05, 0.1) is 11.4 Å². The lowest BCUT2D eigenvalue weighted by molar-refractivity contribution is -0.125. The monoisotopic (exact) mass is 366 g/mol. The number of fused-ring (bicyclic) bond motifs is 1. The molecule has 0 unspecified atom stereocenters. The van der Waals surface area contributed by atoms with E-state index in [0.29, 0.717) is 17.1 Å². The molecule has 0 spiro atoms. The molecule has 27 heavy (non-hydrogen) atoms. The van der Waals surface area contributed by atoms with E-state index in [1.807, 2.05) is 56.3 Å². The summed E-state index contributed by atoms with van der Waals surface area (Å²) in [6, 6.07) is 15.0. The van der Waals surface area contributed by atoms with Crippen molar-refractivity contribution in [2.75, 3.05) is 37.0 Å². The molecule has 140 valence electrons. The molecule has 1 heterocycles. The van der Waals surface area contributed by atoms with Crippen LogP contribution in [0.5, 0.6) is 5.75 Å². The van der Waals surface area contributed by atoms with Crippen LogP contribution in [0.25, 0.3) is 0 Å². The fourth-order valence-corrected chi connectivity index (χ4v) is 2.72. The second-order valence-corrected chi connectivity index (χ2v) is 6.41. The van der Waals surface area contributed by atoms with Gasteiger partial charge in [-0.25, -0.2) is 5.43 Å². The zero-order valence-corrected chi connectivity index (χ0v) is 15.6. The minimum absolute atomic E-state index is 0.0786. The van der Waals surface area contributed by atoms with E-state index in [4.69, 9.17) is 4.74 Å². The topological polar surface area (TPSA) is 74.2 Å². The smallest absolute Gasteiger partial charge is 0.265 e. The SMILES string of the molecule is C/C(=N/NC(=O)CN1C(=O)COc2ccccc21)c1ccc(N(C)C)cc1. The molecule has 7 nitrogen and oxygen atoms in total. The molecule has 0 aliphatic carbocycles. The number of anilines is 2. The second kappa shape index (κ2) is 7.90. The minimum atomic E-state index is -0.371. The number of hydrazone groups is 1. The van der Waals surface area contributed by atoms with Gasteiger partial charge in [0.1, 0.15) is 12.3 Å². The van der Waals surface area contributed by atoms with Crippen molar-refractivity contribution < 1.29 is 14.3 Å². The molecule has 0 saturated heterocycles. The van der Waals surface area contributed by atoms with Crippen LogP contribution in [0.3, 0.4) is 0 Å². The van der Waals surface area contributed by atoms with Crippen LogP contribution in [-0.2, 0) is 9.59 Å². The van der Waals surface area contributed by atoms with Gasteiger partial charge >= 0.3 is 0 Å². The van der Waals surface area contributed by atoms with Crippen molar-refractivity contribution in [3.05, 3.63) is 54.1 Å². The number of nitrogens with zero attached hydrogens (tertiary/aromatic N) is 3. The summed E-state index contributed by atoms with van der Waals surface area (Å²) in [6.45, 7) is 1.63. The number of amides is 2. The first-order valence-corrected chi connectivity index (χ1v) is 8.59. The summed E-state index contributed by atoms with van der Waals surface area (Å²) in [6.07, 6.45) is 0. The lowest BCUT2D eigenvalue weighted by Crippen LogP contribution is -2.44. The number of hydrogen-bond acceptors (Lipinski definition) is 5. The van der Waals surface area contributed by atoms with Crippen molar-refractivity contribution in [1.82, 2.24) is 5.43 Å². The van der Waals surface area contributed by atoms with Gasteiger partial charge in [-0.15, -0.1) is 0 Å². The van der Waals surface area contributed by atoms with Gasteiger partial charge < -0.3 is 9.64 Å². The number of rotatable bonds is 5. The fourth-order valence-electron chi connectivity index (χ4n) is 2.72. The van der Waals surface area contributed by atoms with E-state index in [2.05, 4.69) is 10.5 Å². The first-order valence-electron chi connectivity index (χ1n) is 8.59. The van der Waals surface area contributed by atoms with Crippen molar-refractivity contribution >= 4 is 28.9 Å². The van der Waals surface area contributed by atoms with Gasteiger partial charge in [0.25, 0.3) is 11.8 Å². The average molecular weight is 366 g/mol. The first kappa shape index (κ1) is 18.4. The van der Waals surface area contributed by atoms with E-state index < -0.39 is 0 Å². The third-order valence-electron chi connectivity index (χ3n) is 4.26. The largest absolute Gasteiger partial charge is 0.482 e. The third-order valence-corrected chi connectivity index (χ3v) is 4.26. The zero-order valence-electron chi connectivity index (χ0n) is 15.6. The summed E-state index contributed by atoms with van der Waals surface area (Å²) in [5.74, 6) is -0.0429. The Hall–Kier alpha value is -3.35. The highest BCUT2D eigenvalue weighted by atomic mass is 16.5. The minimum Gasteiger partial charge on any atom is -0.482 e. The summed E-state index contributed by atoms with van der Waals surface area (Å²) in [7, 11) is 3.95. The standard InChI is InChI=1S/C20H22N4O3/c1-14(15-8-10-16(11-9-15)23(2)3)21-22-19(25)12-24-17-6-4-5-7-18(17)27-13-20(24)26/h4-11H,12-13H2,1-3H3,(H,22,25)/b21-14-. The molecule has 0 radical (unpaired) electrons. The van der Waals surface area contributed by atoms with Crippen LogP contribution in [0.15, 0.2) is 53.6 Å². The molecule has 0 saturated carbocycles. The zero-order chi connectivity index (χ0) is 19.4. The van der Waals surface area contributed by atoms with Gasteiger partial charge in [0.2, 0.25) is 0 Å². The van der Waals surface area contributed by atoms with Crippen LogP contribution in [-0.4, -0.2) is 44.8 Å². The quantitative estimate of drug-likeness (QED) is 0.649. The van der Waals surface area contributed by atoms with E-state index in [9.17, 15) is 9.59 Å². The fraction of sp³-hybridized carbons (Fsp3) is 0.250. The van der Waals surface area contributed by atoms with Crippen LogP contribution < -0.4 is 20.0 Å². The van der Waals surface area contributed by atoms with Crippen molar-refractivity contribution in [2.45, 2.75) is 6.92 Å². The maximum absolute atomic E-state index is 12.3. The van der Waals surface area contributed by atoms with E-state index >= 15 is 0 Å².